The lowest BCUT2D eigenvalue weighted by Crippen LogP contribution is -2.58. The monoisotopic (exact) mass is 459 g/mol. The van der Waals surface area contributed by atoms with Crippen LogP contribution in [0.5, 0.6) is 0 Å². The number of carboxylic acids is 1. The van der Waals surface area contributed by atoms with Crippen molar-refractivity contribution in [2.24, 2.45) is 23.3 Å². The fourth-order valence-corrected chi connectivity index (χ4v) is 2.88. The van der Waals surface area contributed by atoms with Gasteiger partial charge in [-0.2, -0.15) is 0 Å². The molecule has 0 aromatic rings. The van der Waals surface area contributed by atoms with Crippen LogP contribution in [0.3, 0.4) is 0 Å². The summed E-state index contributed by atoms with van der Waals surface area (Å²) in [6, 6.07) is -4.71. The molecule has 9 N–H and O–H groups in total. The number of carbonyl (C=O) groups is 5. The van der Waals surface area contributed by atoms with Crippen LogP contribution in [0.1, 0.15) is 53.4 Å². The molecule has 0 aliphatic rings. The Morgan fingerprint density at radius 2 is 1.25 bits per heavy atom. The average molecular weight is 460 g/mol. The summed E-state index contributed by atoms with van der Waals surface area (Å²) in [5.74, 6) is -4.13. The fourth-order valence-electron chi connectivity index (χ4n) is 2.88. The van der Waals surface area contributed by atoms with E-state index in [0.29, 0.717) is 6.42 Å². The SMILES string of the molecule is CC(C)CC(N)C(=O)NC(CC(C)C)C(=O)NC(CO)C(=O)NC(CCC(N)=O)C(=O)O. The van der Waals surface area contributed by atoms with E-state index < -0.39 is 60.4 Å². The zero-order chi connectivity index (χ0) is 25.0. The second kappa shape index (κ2) is 14.4. The second-order valence-electron chi connectivity index (χ2n) is 8.57. The molecule has 0 radical (unpaired) electrons. The number of carbonyl (C=O) groups excluding carboxylic acids is 4. The number of nitrogens with two attached hydrogens (primary N) is 2. The molecule has 0 bridgehead atoms. The highest BCUT2D eigenvalue weighted by Gasteiger charge is 2.30. The van der Waals surface area contributed by atoms with E-state index in [-0.39, 0.29) is 31.1 Å². The summed E-state index contributed by atoms with van der Waals surface area (Å²) >= 11 is 0. The molecule has 0 heterocycles. The molecule has 32 heavy (non-hydrogen) atoms. The van der Waals surface area contributed by atoms with Gasteiger partial charge in [-0.25, -0.2) is 4.79 Å². The maximum absolute atomic E-state index is 12.7. The second-order valence-corrected chi connectivity index (χ2v) is 8.57. The number of primary amides is 1. The van der Waals surface area contributed by atoms with Crippen molar-refractivity contribution in [2.45, 2.75) is 77.5 Å². The number of aliphatic hydroxyl groups excluding tert-OH is 1. The predicted octanol–water partition coefficient (Wildman–Crippen LogP) is -1.80. The van der Waals surface area contributed by atoms with Crippen LogP contribution < -0.4 is 27.4 Å². The predicted molar refractivity (Wildman–Crippen MR) is 116 cm³/mol. The summed E-state index contributed by atoms with van der Waals surface area (Å²) in [6.45, 7) is 6.68. The molecule has 0 saturated carbocycles. The number of amides is 4. The van der Waals surface area contributed by atoms with Gasteiger partial charge in [0.25, 0.3) is 0 Å². The summed E-state index contributed by atoms with van der Waals surface area (Å²) in [5.41, 5.74) is 10.9. The highest BCUT2D eigenvalue weighted by molar-refractivity contribution is 5.94. The molecule has 12 heteroatoms. The molecule has 0 saturated heterocycles. The first kappa shape index (κ1) is 29.3. The zero-order valence-electron chi connectivity index (χ0n) is 19.1. The van der Waals surface area contributed by atoms with Crippen molar-refractivity contribution in [2.75, 3.05) is 6.61 Å². The maximum Gasteiger partial charge on any atom is 0.326 e. The van der Waals surface area contributed by atoms with Gasteiger partial charge in [0.15, 0.2) is 0 Å². The van der Waals surface area contributed by atoms with Gasteiger partial charge in [-0.3, -0.25) is 19.2 Å². The Morgan fingerprint density at radius 1 is 0.781 bits per heavy atom. The van der Waals surface area contributed by atoms with Gasteiger partial charge in [0.2, 0.25) is 23.6 Å². The van der Waals surface area contributed by atoms with Gasteiger partial charge in [-0.1, -0.05) is 27.7 Å². The summed E-state index contributed by atoms with van der Waals surface area (Å²) < 4.78 is 0. The van der Waals surface area contributed by atoms with Gasteiger partial charge >= 0.3 is 5.97 Å². The standard InChI is InChI=1S/C20H37N5O7/c1-10(2)7-12(21)17(28)24-14(8-11(3)4)18(29)25-15(9-26)19(30)23-13(20(31)32)5-6-16(22)27/h10-15,26H,5-9,21H2,1-4H3,(H2,22,27)(H,23,30)(H,24,28)(H,25,29)(H,31,32). The highest BCUT2D eigenvalue weighted by atomic mass is 16.4. The van der Waals surface area contributed by atoms with E-state index in [1.807, 2.05) is 27.7 Å². The summed E-state index contributed by atoms with van der Waals surface area (Å²) in [4.78, 5) is 59.7. The molecule has 12 nitrogen and oxygen atoms in total. The normalized spacial score (nSPS) is 14.9. The first-order valence-electron chi connectivity index (χ1n) is 10.6. The lowest BCUT2D eigenvalue weighted by Gasteiger charge is -2.25. The van der Waals surface area contributed by atoms with E-state index in [1.54, 1.807) is 0 Å². The molecular weight excluding hydrogens is 422 g/mol. The van der Waals surface area contributed by atoms with Crippen LogP contribution in [0.2, 0.25) is 0 Å². The highest BCUT2D eigenvalue weighted by Crippen LogP contribution is 2.08. The molecular formula is C20H37N5O7. The lowest BCUT2D eigenvalue weighted by atomic mass is 10.0. The number of nitrogens with one attached hydrogen (secondary N) is 3. The number of hydrogen-bond acceptors (Lipinski definition) is 7. The van der Waals surface area contributed by atoms with Crippen LogP contribution in [0.15, 0.2) is 0 Å². The molecule has 0 aliphatic carbocycles. The molecule has 184 valence electrons. The van der Waals surface area contributed by atoms with E-state index in [0.717, 1.165) is 0 Å². The average Bonchev–Trinajstić information content (AvgIpc) is 2.66. The minimum atomic E-state index is -1.46. The van der Waals surface area contributed by atoms with Gasteiger partial charge in [0.05, 0.1) is 12.6 Å². The quantitative estimate of drug-likeness (QED) is 0.148. The molecule has 0 fully saturated rings. The van der Waals surface area contributed by atoms with Crippen LogP contribution in [0.4, 0.5) is 0 Å². The van der Waals surface area contributed by atoms with Crippen molar-refractivity contribution in [3.8, 4) is 0 Å². The molecule has 0 rings (SSSR count). The first-order chi connectivity index (χ1) is 14.8. The lowest BCUT2D eigenvalue weighted by molar-refractivity contribution is -0.143. The van der Waals surface area contributed by atoms with Gasteiger partial charge in [0, 0.05) is 6.42 Å². The third kappa shape index (κ3) is 11.6. The van der Waals surface area contributed by atoms with E-state index in [2.05, 4.69) is 16.0 Å². The Labute approximate surface area is 187 Å². The Hall–Kier alpha value is -2.73. The van der Waals surface area contributed by atoms with Crippen molar-refractivity contribution in [3.05, 3.63) is 0 Å². The number of aliphatic hydroxyl groups is 1. The smallest absolute Gasteiger partial charge is 0.326 e. The van der Waals surface area contributed by atoms with Crippen LogP contribution in [0.25, 0.3) is 0 Å². The fraction of sp³-hybridized carbons (Fsp3) is 0.750. The van der Waals surface area contributed by atoms with E-state index in [1.165, 1.54) is 0 Å². The maximum atomic E-state index is 12.7. The Morgan fingerprint density at radius 3 is 1.69 bits per heavy atom. The molecule has 4 unspecified atom stereocenters. The van der Waals surface area contributed by atoms with Crippen LogP contribution in [0, 0.1) is 11.8 Å². The zero-order valence-corrected chi connectivity index (χ0v) is 19.1. The van der Waals surface area contributed by atoms with Crippen molar-refractivity contribution >= 4 is 29.6 Å². The van der Waals surface area contributed by atoms with Gasteiger partial charge in [0.1, 0.15) is 18.1 Å². The summed E-state index contributed by atoms with van der Waals surface area (Å²) in [7, 11) is 0. The third-order valence-corrected chi connectivity index (χ3v) is 4.51. The minimum Gasteiger partial charge on any atom is -0.480 e. The number of aliphatic carboxylic acids is 1. The third-order valence-electron chi connectivity index (χ3n) is 4.51. The number of carboxylic acid groups (broad SMARTS) is 1. The van der Waals surface area contributed by atoms with Crippen molar-refractivity contribution < 1.29 is 34.2 Å². The molecule has 0 aliphatic heterocycles. The van der Waals surface area contributed by atoms with Crippen molar-refractivity contribution in [1.82, 2.24) is 16.0 Å². The van der Waals surface area contributed by atoms with E-state index in [4.69, 9.17) is 11.5 Å². The van der Waals surface area contributed by atoms with E-state index in [9.17, 15) is 34.2 Å². The van der Waals surface area contributed by atoms with Crippen LogP contribution >= 0.6 is 0 Å². The molecule has 4 amide bonds. The molecule has 0 aromatic carbocycles. The summed E-state index contributed by atoms with van der Waals surface area (Å²) in [6.07, 6.45) is 0.155. The van der Waals surface area contributed by atoms with Gasteiger partial charge in [-0.15, -0.1) is 0 Å². The largest absolute Gasteiger partial charge is 0.480 e. The Bertz CT molecular complexity index is 669. The Balaban J connectivity index is 5.23. The topological polar surface area (TPSA) is 214 Å². The van der Waals surface area contributed by atoms with Crippen molar-refractivity contribution in [1.29, 1.82) is 0 Å². The Kier molecular flexibility index (Phi) is 13.1. The van der Waals surface area contributed by atoms with Gasteiger partial charge < -0.3 is 37.6 Å². The minimum absolute atomic E-state index is 0.0129. The summed E-state index contributed by atoms with van der Waals surface area (Å²) in [5, 5.41) is 25.8. The van der Waals surface area contributed by atoms with Crippen LogP contribution in [-0.4, -0.2) is 70.6 Å². The number of rotatable bonds is 15. The number of hydrogen-bond donors (Lipinski definition) is 7. The molecule has 0 spiro atoms. The van der Waals surface area contributed by atoms with Crippen LogP contribution in [-0.2, 0) is 24.0 Å². The van der Waals surface area contributed by atoms with Gasteiger partial charge in [-0.05, 0) is 31.1 Å². The first-order valence-corrected chi connectivity index (χ1v) is 10.6. The molecule has 0 aromatic heterocycles. The van der Waals surface area contributed by atoms with E-state index >= 15 is 0 Å². The van der Waals surface area contributed by atoms with Crippen molar-refractivity contribution in [3.63, 3.8) is 0 Å². The molecule has 4 atom stereocenters.